The van der Waals surface area contributed by atoms with Crippen LogP contribution in [0.5, 0.6) is 0 Å². The van der Waals surface area contributed by atoms with Crippen molar-refractivity contribution in [2.45, 2.75) is 43.8 Å². The number of amides is 4. The normalized spacial score (nSPS) is 13.1. The van der Waals surface area contributed by atoms with Gasteiger partial charge in [-0.2, -0.15) is 0 Å². The first-order valence-corrected chi connectivity index (χ1v) is 10.2. The van der Waals surface area contributed by atoms with Gasteiger partial charge in [0.2, 0.25) is 23.6 Å². The summed E-state index contributed by atoms with van der Waals surface area (Å²) in [4.78, 5) is 69.9. The summed E-state index contributed by atoms with van der Waals surface area (Å²) in [5.41, 5.74) is 21.9. The number of nitrogens with one attached hydrogen (secondary N) is 4. The summed E-state index contributed by atoms with van der Waals surface area (Å²) >= 11 is 0. The van der Waals surface area contributed by atoms with E-state index in [0.717, 1.165) is 0 Å². The summed E-state index contributed by atoms with van der Waals surface area (Å²) in [5, 5.41) is 16.1. The van der Waals surface area contributed by atoms with Crippen molar-refractivity contribution in [2.24, 2.45) is 27.9 Å². The fourth-order valence-electron chi connectivity index (χ4n) is 2.71. The van der Waals surface area contributed by atoms with E-state index in [1.165, 1.54) is 12.5 Å². The topological polar surface area (TPSA) is 287 Å². The number of H-pyrrole nitrogens is 1. The van der Waals surface area contributed by atoms with Crippen molar-refractivity contribution in [3.8, 4) is 0 Å². The van der Waals surface area contributed by atoms with Crippen LogP contribution in [0, 0.1) is 0 Å². The van der Waals surface area contributed by atoms with Crippen molar-refractivity contribution >= 4 is 35.6 Å². The highest BCUT2D eigenvalue weighted by Gasteiger charge is 2.28. The van der Waals surface area contributed by atoms with Gasteiger partial charge in [-0.1, -0.05) is 0 Å². The predicted molar refractivity (Wildman–Crippen MR) is 118 cm³/mol. The van der Waals surface area contributed by atoms with Crippen LogP contribution in [-0.4, -0.2) is 81.8 Å². The van der Waals surface area contributed by atoms with Crippen molar-refractivity contribution in [3.05, 3.63) is 18.2 Å². The lowest BCUT2D eigenvalue weighted by Crippen LogP contribution is -2.54. The van der Waals surface area contributed by atoms with Crippen LogP contribution in [0.4, 0.5) is 0 Å². The van der Waals surface area contributed by atoms with Crippen LogP contribution in [0.15, 0.2) is 17.5 Å². The number of carbonyl (C=O) groups excluding carboxylic acids is 4. The summed E-state index contributed by atoms with van der Waals surface area (Å²) in [6.07, 6.45) is 2.71. The molecule has 1 heterocycles. The van der Waals surface area contributed by atoms with Crippen molar-refractivity contribution < 1.29 is 29.1 Å². The van der Waals surface area contributed by atoms with Crippen molar-refractivity contribution in [1.82, 2.24) is 25.9 Å². The van der Waals surface area contributed by atoms with Gasteiger partial charge in [0.1, 0.15) is 12.1 Å². The van der Waals surface area contributed by atoms with Gasteiger partial charge in [-0.15, -0.1) is 0 Å². The number of hydrogen-bond donors (Lipinski definition) is 9. The number of guanidine groups is 1. The average molecular weight is 483 g/mol. The lowest BCUT2D eigenvalue weighted by atomic mass is 10.1. The van der Waals surface area contributed by atoms with E-state index in [9.17, 15) is 29.1 Å². The van der Waals surface area contributed by atoms with Crippen LogP contribution in [-0.2, 0) is 30.4 Å². The second-order valence-corrected chi connectivity index (χ2v) is 7.24. The predicted octanol–water partition coefficient (Wildman–Crippen LogP) is -4.62. The van der Waals surface area contributed by atoms with E-state index in [1.807, 2.05) is 0 Å². The molecule has 16 heteroatoms. The van der Waals surface area contributed by atoms with Gasteiger partial charge in [0.05, 0.1) is 25.3 Å². The summed E-state index contributed by atoms with van der Waals surface area (Å²) in [6, 6.07) is -3.75. The summed E-state index contributed by atoms with van der Waals surface area (Å²) in [5.74, 6) is -4.79. The monoisotopic (exact) mass is 482 g/mol. The highest BCUT2D eigenvalue weighted by molar-refractivity contribution is 5.95. The van der Waals surface area contributed by atoms with E-state index in [4.69, 9.17) is 22.9 Å². The van der Waals surface area contributed by atoms with E-state index in [0.29, 0.717) is 5.69 Å². The van der Waals surface area contributed by atoms with Crippen LogP contribution in [0.1, 0.15) is 25.0 Å². The van der Waals surface area contributed by atoms with Crippen molar-refractivity contribution in [3.63, 3.8) is 0 Å². The second-order valence-electron chi connectivity index (χ2n) is 7.24. The van der Waals surface area contributed by atoms with Gasteiger partial charge in [0.15, 0.2) is 5.96 Å². The molecular formula is C18H30N10O6. The smallest absolute Gasteiger partial charge is 0.326 e. The molecule has 13 N–H and O–H groups in total. The van der Waals surface area contributed by atoms with E-state index >= 15 is 0 Å². The Morgan fingerprint density at radius 1 is 1.09 bits per heavy atom. The number of aromatic nitrogens is 2. The maximum absolute atomic E-state index is 12.5. The standard InChI is InChI=1S/C18H30N10O6/c19-10(4-9-6-23-8-26-9)15(31)25-7-14(30)27-12(5-13(20)29)16(32)28-11(17(33)34)2-1-3-24-18(21)22/h6,8,10-12H,1-5,7,19H2,(H2,20,29)(H,23,26)(H,25,31)(H,27,30)(H,28,32)(H,33,34)(H4,21,22,24). The zero-order valence-corrected chi connectivity index (χ0v) is 18.3. The summed E-state index contributed by atoms with van der Waals surface area (Å²) in [6.45, 7) is -0.398. The van der Waals surface area contributed by atoms with Gasteiger partial charge >= 0.3 is 5.97 Å². The van der Waals surface area contributed by atoms with Crippen molar-refractivity contribution in [1.29, 1.82) is 0 Å². The highest BCUT2D eigenvalue weighted by Crippen LogP contribution is 2.01. The number of imidazole rings is 1. The molecule has 4 amide bonds. The number of carboxylic acid groups (broad SMARTS) is 1. The first kappa shape index (κ1) is 27.8. The third kappa shape index (κ3) is 10.9. The number of nitrogens with two attached hydrogens (primary N) is 4. The molecule has 0 aliphatic carbocycles. The lowest BCUT2D eigenvalue weighted by molar-refractivity contribution is -0.142. The molecule has 1 rings (SSSR count). The third-order valence-corrected chi connectivity index (χ3v) is 4.37. The van der Waals surface area contributed by atoms with E-state index < -0.39 is 60.7 Å². The minimum atomic E-state index is -1.46. The molecule has 1 aromatic rings. The number of rotatable bonds is 15. The number of aliphatic imine (C=N–C) groups is 1. The fraction of sp³-hybridized carbons (Fsp3) is 0.500. The zero-order chi connectivity index (χ0) is 25.7. The molecule has 3 unspecified atom stereocenters. The van der Waals surface area contributed by atoms with Crippen LogP contribution >= 0.6 is 0 Å². The molecule has 34 heavy (non-hydrogen) atoms. The molecule has 0 fully saturated rings. The molecule has 0 aromatic carbocycles. The van der Waals surface area contributed by atoms with E-state index in [2.05, 4.69) is 30.9 Å². The van der Waals surface area contributed by atoms with Crippen LogP contribution in [0.3, 0.4) is 0 Å². The highest BCUT2D eigenvalue weighted by atomic mass is 16.4. The molecule has 0 bridgehead atoms. The third-order valence-electron chi connectivity index (χ3n) is 4.37. The second kappa shape index (κ2) is 14.0. The molecule has 0 aliphatic heterocycles. The molecule has 0 spiro atoms. The maximum atomic E-state index is 12.5. The first-order chi connectivity index (χ1) is 16.0. The van der Waals surface area contributed by atoms with Gasteiger partial charge in [0, 0.05) is 24.9 Å². The number of hydrogen-bond acceptors (Lipinski definition) is 8. The minimum absolute atomic E-state index is 0.0145. The Morgan fingerprint density at radius 2 is 1.79 bits per heavy atom. The van der Waals surface area contributed by atoms with Gasteiger partial charge in [-0.05, 0) is 12.8 Å². The Hall–Kier alpha value is -4.21. The van der Waals surface area contributed by atoms with E-state index in [-0.39, 0.29) is 31.8 Å². The summed E-state index contributed by atoms with van der Waals surface area (Å²) in [7, 11) is 0. The molecule has 1 aromatic heterocycles. The Kier molecular flexibility index (Phi) is 11.5. The largest absolute Gasteiger partial charge is 0.480 e. The lowest BCUT2D eigenvalue weighted by Gasteiger charge is -2.21. The number of primary amides is 1. The van der Waals surface area contributed by atoms with Gasteiger partial charge in [0.25, 0.3) is 0 Å². The summed E-state index contributed by atoms with van der Waals surface area (Å²) < 4.78 is 0. The molecule has 0 radical (unpaired) electrons. The van der Waals surface area contributed by atoms with Crippen LogP contribution in [0.25, 0.3) is 0 Å². The molecule has 0 saturated heterocycles. The molecule has 0 saturated carbocycles. The minimum Gasteiger partial charge on any atom is -0.480 e. The number of carbonyl (C=O) groups is 5. The number of aromatic amines is 1. The van der Waals surface area contributed by atoms with Crippen molar-refractivity contribution in [2.75, 3.05) is 13.1 Å². The van der Waals surface area contributed by atoms with E-state index in [1.54, 1.807) is 0 Å². The molecular weight excluding hydrogens is 452 g/mol. The first-order valence-electron chi connectivity index (χ1n) is 10.2. The quantitative estimate of drug-likeness (QED) is 0.0654. The van der Waals surface area contributed by atoms with Crippen LogP contribution < -0.4 is 38.9 Å². The maximum Gasteiger partial charge on any atom is 0.326 e. The Balaban J connectivity index is 2.63. The molecule has 188 valence electrons. The SMILES string of the molecule is NC(=O)CC(NC(=O)CNC(=O)C(N)Cc1cnc[nH]1)C(=O)NC(CCCN=C(N)N)C(=O)O. The Bertz CT molecular complexity index is 884. The Labute approximate surface area is 194 Å². The van der Waals surface area contributed by atoms with Gasteiger partial charge < -0.3 is 49.0 Å². The number of nitrogens with zero attached hydrogens (tertiary/aromatic N) is 2. The van der Waals surface area contributed by atoms with Gasteiger partial charge in [-0.3, -0.25) is 24.2 Å². The average Bonchev–Trinajstić information content (AvgIpc) is 3.25. The van der Waals surface area contributed by atoms with Crippen LogP contribution in [0.2, 0.25) is 0 Å². The number of carboxylic acids is 1. The fourth-order valence-corrected chi connectivity index (χ4v) is 2.71. The zero-order valence-electron chi connectivity index (χ0n) is 18.3. The molecule has 0 aliphatic rings. The number of aliphatic carboxylic acids is 1. The van der Waals surface area contributed by atoms with Gasteiger partial charge in [-0.25, -0.2) is 9.78 Å². The molecule has 3 atom stereocenters. The Morgan fingerprint density at radius 3 is 2.35 bits per heavy atom. The molecule has 16 nitrogen and oxygen atoms in total.